The number of sulfone groups is 1. The Labute approximate surface area is 167 Å². The highest BCUT2D eigenvalue weighted by Gasteiger charge is 2.28. The zero-order chi connectivity index (χ0) is 21.2. The molecule has 3 rings (SSSR count). The van der Waals surface area contributed by atoms with Gasteiger partial charge in [-0.1, -0.05) is 12.8 Å². The molecule has 1 aromatic carbocycles. The van der Waals surface area contributed by atoms with E-state index in [4.69, 9.17) is 5.73 Å². The van der Waals surface area contributed by atoms with Crippen LogP contribution < -0.4 is 16.4 Å². The van der Waals surface area contributed by atoms with Gasteiger partial charge in [-0.3, -0.25) is 9.48 Å². The summed E-state index contributed by atoms with van der Waals surface area (Å²) >= 11 is 0. The Balaban J connectivity index is 1.87. The lowest BCUT2D eigenvalue weighted by Crippen LogP contribution is -2.37. The molecule has 1 amide bonds. The molecule has 4 N–H and O–H groups in total. The molecule has 8 nitrogen and oxygen atoms in total. The predicted octanol–water partition coefficient (Wildman–Crippen LogP) is 2.43. The number of hydrogen-bond acceptors (Lipinski definition) is 6. The third kappa shape index (κ3) is 4.40. The van der Waals surface area contributed by atoms with Gasteiger partial charge in [-0.05, 0) is 44.2 Å². The maximum atomic E-state index is 12.7. The molecule has 0 saturated heterocycles. The molecule has 1 saturated carbocycles. The number of benzene rings is 1. The molecule has 1 aromatic heterocycles. The molecule has 2 atom stereocenters. The van der Waals surface area contributed by atoms with Gasteiger partial charge in [0.1, 0.15) is 5.56 Å². The van der Waals surface area contributed by atoms with Crippen molar-refractivity contribution in [3.63, 3.8) is 0 Å². The monoisotopic (exact) mass is 427 g/mol. The van der Waals surface area contributed by atoms with Crippen molar-refractivity contribution in [1.82, 2.24) is 15.1 Å². The van der Waals surface area contributed by atoms with Crippen LogP contribution in [0.15, 0.2) is 35.4 Å². The average Bonchev–Trinajstić information content (AvgIpc) is 3.12. The van der Waals surface area contributed by atoms with Gasteiger partial charge in [0.25, 0.3) is 5.91 Å². The topological polar surface area (TPSA) is 119 Å². The lowest BCUT2D eigenvalue weighted by Gasteiger charge is -2.31. The minimum Gasteiger partial charge on any atom is -0.365 e. The average molecular weight is 427 g/mol. The number of primary amides is 1. The van der Waals surface area contributed by atoms with Crippen molar-refractivity contribution >= 4 is 27.2 Å². The molecule has 1 heterocycles. The number of carbonyl (C=O) groups is 1. The van der Waals surface area contributed by atoms with Crippen LogP contribution in [0.1, 0.15) is 42.1 Å². The van der Waals surface area contributed by atoms with Crippen LogP contribution in [-0.2, 0) is 9.84 Å². The summed E-state index contributed by atoms with van der Waals surface area (Å²) in [5.41, 5.74) is 6.06. The van der Waals surface area contributed by atoms with Gasteiger partial charge in [-0.2, -0.15) is 13.9 Å². The lowest BCUT2D eigenvalue weighted by atomic mass is 9.90. The second kappa shape index (κ2) is 8.46. The molecule has 29 heavy (non-hydrogen) atoms. The largest absolute Gasteiger partial charge is 0.365 e. The number of nitrogens with two attached hydrogens (primary N) is 1. The smallest absolute Gasteiger partial charge is 0.341 e. The van der Waals surface area contributed by atoms with Crippen LogP contribution in [0.3, 0.4) is 0 Å². The van der Waals surface area contributed by atoms with Gasteiger partial charge in [0.05, 0.1) is 10.9 Å². The Morgan fingerprint density at radius 3 is 2.48 bits per heavy atom. The number of hydrogen-bond donors (Lipinski definition) is 3. The highest BCUT2D eigenvalue weighted by molar-refractivity contribution is 7.91. The van der Waals surface area contributed by atoms with Gasteiger partial charge in [0.15, 0.2) is 5.82 Å². The van der Waals surface area contributed by atoms with E-state index < -0.39 is 26.4 Å². The first kappa shape index (κ1) is 21.2. The van der Waals surface area contributed by atoms with Crippen LogP contribution >= 0.6 is 0 Å². The summed E-state index contributed by atoms with van der Waals surface area (Å²) < 4.78 is 50.1. The van der Waals surface area contributed by atoms with Crippen LogP contribution in [0.4, 0.5) is 20.3 Å². The molecule has 0 unspecified atom stereocenters. The Morgan fingerprint density at radius 2 is 1.90 bits per heavy atom. The predicted molar refractivity (Wildman–Crippen MR) is 104 cm³/mol. The minimum absolute atomic E-state index is 0.0703. The molecule has 11 heteroatoms. The van der Waals surface area contributed by atoms with E-state index in [9.17, 15) is 22.0 Å². The van der Waals surface area contributed by atoms with E-state index >= 15 is 0 Å². The molecule has 2 aromatic rings. The minimum atomic E-state index is -4.67. The molecule has 158 valence electrons. The number of aromatic nitrogens is 2. The first-order chi connectivity index (χ1) is 13.7. The highest BCUT2D eigenvalue weighted by Crippen LogP contribution is 2.30. The van der Waals surface area contributed by atoms with Gasteiger partial charge in [-0.15, -0.1) is 0 Å². The van der Waals surface area contributed by atoms with Crippen molar-refractivity contribution in [2.75, 3.05) is 12.4 Å². The molecule has 1 aliphatic carbocycles. The number of amides is 1. The fourth-order valence-electron chi connectivity index (χ4n) is 3.57. The second-order valence-corrected chi connectivity index (χ2v) is 8.86. The van der Waals surface area contributed by atoms with E-state index in [0.717, 1.165) is 37.8 Å². The van der Waals surface area contributed by atoms with Crippen LogP contribution in [0.5, 0.6) is 0 Å². The van der Waals surface area contributed by atoms with E-state index in [2.05, 4.69) is 15.7 Å². The van der Waals surface area contributed by atoms with E-state index in [1.54, 1.807) is 10.9 Å². The fourth-order valence-corrected chi connectivity index (χ4v) is 4.29. The van der Waals surface area contributed by atoms with Crippen molar-refractivity contribution in [2.45, 2.75) is 48.4 Å². The lowest BCUT2D eigenvalue weighted by molar-refractivity contribution is 0.100. The third-order valence-corrected chi connectivity index (χ3v) is 6.52. The maximum absolute atomic E-state index is 12.7. The Morgan fingerprint density at radius 1 is 1.24 bits per heavy atom. The van der Waals surface area contributed by atoms with E-state index in [1.807, 2.05) is 7.05 Å². The molecular formula is C18H23F2N5O3S. The van der Waals surface area contributed by atoms with Gasteiger partial charge in [0, 0.05) is 17.9 Å². The van der Waals surface area contributed by atoms with Crippen molar-refractivity contribution < 1.29 is 22.0 Å². The summed E-state index contributed by atoms with van der Waals surface area (Å²) in [5, 5.41) is 10.7. The Kier molecular flexibility index (Phi) is 6.18. The first-order valence-corrected chi connectivity index (χ1v) is 10.7. The fraction of sp³-hybridized carbons (Fsp3) is 0.444. The highest BCUT2D eigenvalue weighted by atomic mass is 32.2. The molecule has 0 spiro atoms. The van der Waals surface area contributed by atoms with E-state index in [1.165, 1.54) is 12.1 Å². The summed E-state index contributed by atoms with van der Waals surface area (Å²) in [6.45, 7) is 0. The number of rotatable bonds is 7. The zero-order valence-corrected chi connectivity index (χ0v) is 16.6. The van der Waals surface area contributed by atoms with Gasteiger partial charge in [0.2, 0.25) is 9.84 Å². The van der Waals surface area contributed by atoms with Crippen molar-refractivity contribution in [3.8, 4) is 0 Å². The number of anilines is 2. The SMILES string of the molecule is CN[C@H]1CCCC[C@@H]1n1cc(C(N)=O)c(Nc2ccc(S(=O)(=O)C(F)F)cc2)n1. The van der Waals surface area contributed by atoms with Crippen LogP contribution in [0.25, 0.3) is 0 Å². The number of nitrogens with one attached hydrogen (secondary N) is 2. The number of likely N-dealkylation sites (N-methyl/N-ethyl adjacent to an activating group) is 1. The Bertz CT molecular complexity index is 976. The summed E-state index contributed by atoms with van der Waals surface area (Å²) in [6, 6.07) is 5.09. The van der Waals surface area contributed by atoms with Crippen LogP contribution in [0.2, 0.25) is 0 Å². The molecular weight excluding hydrogens is 404 g/mol. The second-order valence-electron chi connectivity index (χ2n) is 6.94. The van der Waals surface area contributed by atoms with Gasteiger partial charge >= 0.3 is 5.76 Å². The van der Waals surface area contributed by atoms with Crippen molar-refractivity contribution in [2.24, 2.45) is 5.73 Å². The summed E-state index contributed by atoms with van der Waals surface area (Å²) in [5.74, 6) is -3.93. The molecule has 0 bridgehead atoms. The number of nitrogens with zero attached hydrogens (tertiary/aromatic N) is 2. The third-order valence-electron chi connectivity index (χ3n) is 5.12. The van der Waals surface area contributed by atoms with Gasteiger partial charge in [-0.25, -0.2) is 8.42 Å². The standard InChI is InChI=1S/C18H23F2N5O3S/c1-22-14-4-2-3-5-15(14)25-10-13(16(21)26)17(24-25)23-11-6-8-12(9-7-11)29(27,28)18(19)20/h6-10,14-15,18,22H,2-5H2,1H3,(H2,21,26)(H,23,24)/t14-,15-/m0/s1. The molecule has 1 fully saturated rings. The number of carbonyl (C=O) groups excluding carboxylic acids is 1. The van der Waals surface area contributed by atoms with Crippen LogP contribution in [0, 0.1) is 0 Å². The van der Waals surface area contributed by atoms with Crippen molar-refractivity contribution in [3.05, 3.63) is 36.0 Å². The number of halogens is 2. The van der Waals surface area contributed by atoms with E-state index in [0.29, 0.717) is 5.69 Å². The van der Waals surface area contributed by atoms with Gasteiger partial charge < -0.3 is 16.4 Å². The quantitative estimate of drug-likeness (QED) is 0.624. The van der Waals surface area contributed by atoms with Crippen molar-refractivity contribution in [1.29, 1.82) is 0 Å². The molecule has 1 aliphatic rings. The van der Waals surface area contributed by atoms with Crippen LogP contribution in [-0.4, -0.2) is 43.0 Å². The summed E-state index contributed by atoms with van der Waals surface area (Å²) in [4.78, 5) is 11.4. The first-order valence-electron chi connectivity index (χ1n) is 9.19. The Hall–Kier alpha value is -2.53. The number of alkyl halides is 2. The molecule has 0 aliphatic heterocycles. The maximum Gasteiger partial charge on any atom is 0.341 e. The normalized spacial score (nSPS) is 20.0. The summed E-state index contributed by atoms with van der Waals surface area (Å²) in [6.07, 6.45) is 5.67. The zero-order valence-electron chi connectivity index (χ0n) is 15.8. The summed E-state index contributed by atoms with van der Waals surface area (Å²) in [7, 11) is -2.78. The van der Waals surface area contributed by atoms with E-state index in [-0.39, 0.29) is 23.5 Å². The molecule has 0 radical (unpaired) electrons.